The Balaban J connectivity index is 1.55. The minimum Gasteiger partial charge on any atom is -0.497 e. The average molecular weight is 580 g/mol. The van der Waals surface area contributed by atoms with Gasteiger partial charge in [0.2, 0.25) is 21.8 Å². The normalized spacial score (nSPS) is 13.8. The number of methoxy groups -OCH3 is 2. The number of carbonyl (C=O) groups is 2. The van der Waals surface area contributed by atoms with Crippen molar-refractivity contribution in [1.82, 2.24) is 14.9 Å². The summed E-state index contributed by atoms with van der Waals surface area (Å²) < 4.78 is 38.1. The minimum absolute atomic E-state index is 0.0261. The Labute approximate surface area is 241 Å². The van der Waals surface area contributed by atoms with E-state index in [9.17, 15) is 18.0 Å². The van der Waals surface area contributed by atoms with Gasteiger partial charge in [0.15, 0.2) is 0 Å². The van der Waals surface area contributed by atoms with Crippen molar-refractivity contribution in [3.8, 4) is 5.75 Å². The molecule has 1 saturated carbocycles. The predicted molar refractivity (Wildman–Crippen MR) is 156 cm³/mol. The molecule has 0 radical (unpaired) electrons. The third kappa shape index (κ3) is 8.63. The van der Waals surface area contributed by atoms with Crippen LogP contribution >= 0.6 is 0 Å². The molecule has 0 bridgehead atoms. The Hall–Kier alpha value is -3.73. The van der Waals surface area contributed by atoms with E-state index in [1.807, 2.05) is 54.6 Å². The fraction of sp³-hybridized carbons (Fsp3) is 0.355. The molecule has 41 heavy (non-hydrogen) atoms. The minimum atomic E-state index is -3.55. The number of hydrogen-bond acceptors (Lipinski definition) is 6. The molecule has 10 heteroatoms. The summed E-state index contributed by atoms with van der Waals surface area (Å²) in [6, 6.07) is 22.4. The summed E-state index contributed by atoms with van der Waals surface area (Å²) >= 11 is 0. The number of carbonyl (C=O) groups excluding carboxylic acids is 2. The Bertz CT molecular complexity index is 1390. The van der Waals surface area contributed by atoms with Crippen molar-refractivity contribution in [1.29, 1.82) is 0 Å². The summed E-state index contributed by atoms with van der Waals surface area (Å²) in [5.74, 6) is 0.192. The molecule has 0 heterocycles. The highest BCUT2D eigenvalue weighted by Crippen LogP contribution is 2.26. The largest absolute Gasteiger partial charge is 0.497 e. The number of benzene rings is 3. The highest BCUT2D eigenvalue weighted by Gasteiger charge is 2.31. The smallest absolute Gasteiger partial charge is 0.247 e. The van der Waals surface area contributed by atoms with E-state index >= 15 is 0 Å². The molecule has 4 rings (SSSR count). The lowest BCUT2D eigenvalue weighted by atomic mass is 10.0. The molecule has 1 aliphatic rings. The highest BCUT2D eigenvalue weighted by molar-refractivity contribution is 7.89. The van der Waals surface area contributed by atoms with Crippen molar-refractivity contribution < 1.29 is 27.5 Å². The second-order valence-corrected chi connectivity index (χ2v) is 11.7. The van der Waals surface area contributed by atoms with Crippen LogP contribution in [0.1, 0.15) is 42.0 Å². The van der Waals surface area contributed by atoms with Crippen LogP contribution in [0.3, 0.4) is 0 Å². The van der Waals surface area contributed by atoms with Crippen molar-refractivity contribution >= 4 is 21.8 Å². The molecule has 1 fully saturated rings. The van der Waals surface area contributed by atoms with Gasteiger partial charge < -0.3 is 19.7 Å². The number of sulfonamides is 1. The van der Waals surface area contributed by atoms with Gasteiger partial charge in [0, 0.05) is 32.7 Å². The van der Waals surface area contributed by atoms with Gasteiger partial charge in [-0.3, -0.25) is 9.59 Å². The number of hydrogen-bond donors (Lipinski definition) is 2. The maximum Gasteiger partial charge on any atom is 0.247 e. The van der Waals surface area contributed by atoms with Crippen molar-refractivity contribution in [2.45, 2.75) is 49.2 Å². The second-order valence-electron chi connectivity index (χ2n) is 10.0. The van der Waals surface area contributed by atoms with E-state index in [1.165, 1.54) is 0 Å². The molecule has 2 N–H and O–H groups in total. The number of nitrogens with zero attached hydrogens (tertiary/aromatic N) is 1. The maximum absolute atomic E-state index is 13.8. The highest BCUT2D eigenvalue weighted by atomic mass is 32.2. The molecule has 1 atom stereocenters. The van der Waals surface area contributed by atoms with E-state index in [4.69, 9.17) is 9.47 Å². The summed E-state index contributed by atoms with van der Waals surface area (Å²) in [5, 5.41) is 2.89. The Morgan fingerprint density at radius 2 is 1.59 bits per heavy atom. The number of aryl methyl sites for hydroxylation is 1. The third-order valence-electron chi connectivity index (χ3n) is 6.87. The van der Waals surface area contributed by atoms with Crippen molar-refractivity contribution in [3.05, 3.63) is 95.6 Å². The number of nitrogens with one attached hydrogen (secondary N) is 2. The first-order valence-corrected chi connectivity index (χ1v) is 15.1. The molecular formula is C31H37N3O6S. The van der Waals surface area contributed by atoms with Crippen LogP contribution in [0.5, 0.6) is 5.75 Å². The molecule has 1 unspecified atom stereocenters. The predicted octanol–water partition coefficient (Wildman–Crippen LogP) is 3.60. The van der Waals surface area contributed by atoms with Gasteiger partial charge in [0.05, 0.1) is 18.6 Å². The number of ether oxygens (including phenoxy) is 2. The summed E-state index contributed by atoms with van der Waals surface area (Å²) in [7, 11) is -0.396. The van der Waals surface area contributed by atoms with Crippen LogP contribution < -0.4 is 14.8 Å². The molecule has 0 saturated heterocycles. The van der Waals surface area contributed by atoms with Crippen molar-refractivity contribution in [2.24, 2.45) is 0 Å². The van der Waals surface area contributed by atoms with E-state index in [0.29, 0.717) is 30.9 Å². The molecule has 1 aliphatic carbocycles. The lowest BCUT2D eigenvalue weighted by Gasteiger charge is -2.32. The Morgan fingerprint density at radius 1 is 0.927 bits per heavy atom. The molecular weight excluding hydrogens is 542 g/mol. The van der Waals surface area contributed by atoms with E-state index in [2.05, 4.69) is 10.0 Å². The molecule has 2 amide bonds. The van der Waals surface area contributed by atoms with E-state index in [1.54, 1.807) is 43.4 Å². The van der Waals surface area contributed by atoms with Gasteiger partial charge in [-0.05, 0) is 60.2 Å². The van der Waals surface area contributed by atoms with Crippen LogP contribution in [0, 0.1) is 0 Å². The van der Waals surface area contributed by atoms with Gasteiger partial charge in [-0.15, -0.1) is 0 Å². The number of rotatable bonds is 15. The van der Waals surface area contributed by atoms with E-state index < -0.39 is 16.1 Å². The first-order valence-electron chi connectivity index (χ1n) is 13.7. The summed E-state index contributed by atoms with van der Waals surface area (Å²) in [5.41, 5.74) is 2.37. The zero-order valence-electron chi connectivity index (χ0n) is 23.4. The fourth-order valence-corrected chi connectivity index (χ4v) is 5.76. The monoisotopic (exact) mass is 579 g/mol. The quantitative estimate of drug-likeness (QED) is 0.266. The molecule has 9 nitrogen and oxygen atoms in total. The topological polar surface area (TPSA) is 114 Å². The lowest BCUT2D eigenvalue weighted by molar-refractivity contribution is -0.141. The zero-order valence-corrected chi connectivity index (χ0v) is 24.2. The van der Waals surface area contributed by atoms with Crippen LogP contribution in [0.25, 0.3) is 0 Å². The van der Waals surface area contributed by atoms with Crippen molar-refractivity contribution in [3.63, 3.8) is 0 Å². The van der Waals surface area contributed by atoms with Crippen LogP contribution in [0.4, 0.5) is 0 Å². The second kappa shape index (κ2) is 14.2. The molecule has 0 aromatic heterocycles. The van der Waals surface area contributed by atoms with Gasteiger partial charge in [-0.25, -0.2) is 13.1 Å². The molecule has 218 valence electrons. The number of amides is 2. The van der Waals surface area contributed by atoms with Gasteiger partial charge in [-0.2, -0.15) is 0 Å². The lowest BCUT2D eigenvalue weighted by Crippen LogP contribution is -2.44. The summed E-state index contributed by atoms with van der Waals surface area (Å²) in [6.07, 6.45) is 2.25. The Morgan fingerprint density at radius 3 is 2.20 bits per heavy atom. The van der Waals surface area contributed by atoms with Gasteiger partial charge in [0.25, 0.3) is 0 Å². The van der Waals surface area contributed by atoms with Crippen LogP contribution in [-0.4, -0.2) is 58.5 Å². The van der Waals surface area contributed by atoms with Gasteiger partial charge in [-0.1, -0.05) is 54.6 Å². The van der Waals surface area contributed by atoms with Crippen molar-refractivity contribution in [2.75, 3.05) is 27.4 Å². The zero-order chi connectivity index (χ0) is 29.2. The maximum atomic E-state index is 13.8. The van der Waals surface area contributed by atoms with Gasteiger partial charge >= 0.3 is 0 Å². The molecule has 3 aromatic rings. The summed E-state index contributed by atoms with van der Waals surface area (Å²) in [6.45, 7) is 0.875. The molecule has 3 aromatic carbocycles. The fourth-order valence-electron chi connectivity index (χ4n) is 4.45. The van der Waals surface area contributed by atoms with Crippen LogP contribution in [0.2, 0.25) is 0 Å². The molecule has 0 aliphatic heterocycles. The van der Waals surface area contributed by atoms with E-state index in [0.717, 1.165) is 24.0 Å². The first-order chi connectivity index (χ1) is 19.8. The van der Waals surface area contributed by atoms with Crippen LogP contribution in [0.15, 0.2) is 83.8 Å². The van der Waals surface area contributed by atoms with E-state index in [-0.39, 0.29) is 35.7 Å². The third-order valence-corrected chi connectivity index (χ3v) is 8.41. The molecule has 0 spiro atoms. The summed E-state index contributed by atoms with van der Waals surface area (Å²) in [4.78, 5) is 29.1. The first kappa shape index (κ1) is 30.2. The standard InChI is InChI=1S/C31H37N3O6S/c1-39-21-20-32-31(36)30(25-6-4-3-5-7-25)34(22-24-8-15-27(40-2)16-9-24)29(35)19-12-23-10-17-28(18-11-23)41(37,38)33-26-13-14-26/h3-11,15-18,26,30,33H,12-14,19-22H2,1-2H3,(H,32,36). The van der Waals surface area contributed by atoms with Gasteiger partial charge in [0.1, 0.15) is 11.8 Å². The SMILES string of the molecule is COCCNC(=O)C(c1ccccc1)N(Cc1ccc(OC)cc1)C(=O)CCc1ccc(S(=O)(=O)NC2CC2)cc1. The average Bonchev–Trinajstić information content (AvgIpc) is 3.80. The Kier molecular flexibility index (Phi) is 10.5. The van der Waals surface area contributed by atoms with Crippen LogP contribution in [-0.2, 0) is 37.3 Å².